The second-order valence-electron chi connectivity index (χ2n) is 4.13. The molecule has 0 bridgehead atoms. The van der Waals surface area contributed by atoms with E-state index >= 15 is 0 Å². The van der Waals surface area contributed by atoms with Crippen LogP contribution in [0, 0.1) is 6.92 Å². The topological polar surface area (TPSA) is 42.4 Å². The lowest BCUT2D eigenvalue weighted by atomic mass is 10.0. The highest BCUT2D eigenvalue weighted by Crippen LogP contribution is 2.36. The molecular formula is C13H13NO2S. The molecule has 0 saturated heterocycles. The van der Waals surface area contributed by atoms with Gasteiger partial charge in [-0.05, 0) is 12.5 Å². The number of thiazole rings is 1. The molecule has 0 saturated carbocycles. The number of ether oxygens (including phenoxy) is 1. The average molecular weight is 247 g/mol. The van der Waals surface area contributed by atoms with Crippen LogP contribution in [0.1, 0.15) is 27.9 Å². The molecule has 0 amide bonds. The number of benzene rings is 1. The van der Waals surface area contributed by atoms with Gasteiger partial charge in [0.2, 0.25) is 0 Å². The summed E-state index contributed by atoms with van der Waals surface area (Å²) in [7, 11) is 0. The van der Waals surface area contributed by atoms with Gasteiger partial charge in [-0.25, -0.2) is 4.98 Å². The van der Waals surface area contributed by atoms with Crippen molar-refractivity contribution in [2.75, 3.05) is 6.61 Å². The van der Waals surface area contributed by atoms with Gasteiger partial charge in [0.05, 0.1) is 17.3 Å². The van der Waals surface area contributed by atoms with Crippen molar-refractivity contribution in [3.8, 4) is 5.75 Å². The van der Waals surface area contributed by atoms with Crippen LogP contribution in [0.25, 0.3) is 0 Å². The fourth-order valence-corrected chi connectivity index (χ4v) is 2.75. The van der Waals surface area contributed by atoms with E-state index in [1.807, 2.05) is 30.5 Å². The van der Waals surface area contributed by atoms with E-state index in [9.17, 15) is 5.11 Å². The molecule has 88 valence electrons. The number of hydrogen-bond acceptors (Lipinski definition) is 4. The van der Waals surface area contributed by atoms with Crippen molar-refractivity contribution in [3.05, 3.63) is 45.4 Å². The highest BCUT2D eigenvalue weighted by atomic mass is 32.1. The average Bonchev–Trinajstić information content (AvgIpc) is 2.95. The van der Waals surface area contributed by atoms with Gasteiger partial charge in [0.15, 0.2) is 0 Å². The van der Waals surface area contributed by atoms with Crippen molar-refractivity contribution in [2.24, 2.45) is 0 Å². The van der Waals surface area contributed by atoms with Crippen LogP contribution in [-0.4, -0.2) is 16.7 Å². The predicted molar refractivity (Wildman–Crippen MR) is 66.6 cm³/mol. The summed E-state index contributed by atoms with van der Waals surface area (Å²) in [5.41, 5.74) is 2.70. The number of aromatic nitrogens is 1. The molecule has 1 unspecified atom stereocenters. The Morgan fingerprint density at radius 2 is 2.35 bits per heavy atom. The lowest BCUT2D eigenvalue weighted by molar-refractivity contribution is 0.209. The van der Waals surface area contributed by atoms with Crippen LogP contribution in [0.4, 0.5) is 0 Å². The second-order valence-corrected chi connectivity index (χ2v) is 5.19. The Morgan fingerprint density at radius 3 is 3.12 bits per heavy atom. The van der Waals surface area contributed by atoms with E-state index in [1.54, 1.807) is 11.3 Å². The molecule has 3 rings (SSSR count). The first-order chi connectivity index (χ1) is 8.25. The smallest absolute Gasteiger partial charge is 0.128 e. The molecule has 1 atom stereocenters. The summed E-state index contributed by atoms with van der Waals surface area (Å²) in [5, 5.41) is 13.2. The Balaban J connectivity index is 2.02. The number of para-hydroxylation sites is 1. The molecule has 0 fully saturated rings. The molecule has 17 heavy (non-hydrogen) atoms. The number of aryl methyl sites for hydroxylation is 1. The van der Waals surface area contributed by atoms with Gasteiger partial charge in [-0.2, -0.15) is 0 Å². The van der Waals surface area contributed by atoms with Crippen LogP contribution in [0.15, 0.2) is 23.6 Å². The molecule has 0 spiro atoms. The Hall–Kier alpha value is -1.39. The Bertz CT molecular complexity index is 550. The molecule has 4 heteroatoms. The summed E-state index contributed by atoms with van der Waals surface area (Å²) in [6.07, 6.45) is 0.236. The molecule has 1 N–H and O–H groups in total. The van der Waals surface area contributed by atoms with Crippen molar-refractivity contribution in [1.29, 1.82) is 0 Å². The summed E-state index contributed by atoms with van der Waals surface area (Å²) in [6.45, 7) is 2.64. The van der Waals surface area contributed by atoms with E-state index < -0.39 is 6.10 Å². The number of nitrogens with zero attached hydrogens (tertiary/aromatic N) is 1. The number of aliphatic hydroxyl groups is 1. The lowest BCUT2D eigenvalue weighted by Gasteiger charge is -2.12. The maximum atomic E-state index is 10.3. The van der Waals surface area contributed by atoms with Crippen molar-refractivity contribution in [1.82, 2.24) is 4.98 Å². The SMILES string of the molecule is Cc1nc(C(O)c2cccc3c2OCC3)cs1. The van der Waals surface area contributed by atoms with Gasteiger partial charge in [-0.1, -0.05) is 18.2 Å². The van der Waals surface area contributed by atoms with Crippen molar-refractivity contribution in [2.45, 2.75) is 19.4 Å². The van der Waals surface area contributed by atoms with Crippen LogP contribution in [0.5, 0.6) is 5.75 Å². The highest BCUT2D eigenvalue weighted by Gasteiger charge is 2.22. The first kappa shape index (κ1) is 10.7. The van der Waals surface area contributed by atoms with E-state index in [1.165, 1.54) is 5.56 Å². The largest absolute Gasteiger partial charge is 0.493 e. The second kappa shape index (κ2) is 4.13. The van der Waals surface area contributed by atoms with Crippen LogP contribution < -0.4 is 4.74 Å². The highest BCUT2D eigenvalue weighted by molar-refractivity contribution is 7.09. The first-order valence-electron chi connectivity index (χ1n) is 5.60. The maximum Gasteiger partial charge on any atom is 0.128 e. The minimum atomic E-state index is -0.687. The maximum absolute atomic E-state index is 10.3. The molecular weight excluding hydrogens is 234 g/mol. The Morgan fingerprint density at radius 1 is 1.47 bits per heavy atom. The van der Waals surface area contributed by atoms with Crippen molar-refractivity contribution >= 4 is 11.3 Å². The molecule has 2 aromatic rings. The van der Waals surface area contributed by atoms with E-state index in [-0.39, 0.29) is 0 Å². The molecule has 1 aromatic heterocycles. The van der Waals surface area contributed by atoms with Crippen molar-refractivity contribution < 1.29 is 9.84 Å². The summed E-state index contributed by atoms with van der Waals surface area (Å²) in [5.74, 6) is 0.839. The number of rotatable bonds is 2. The normalized spacial score (nSPS) is 15.4. The monoisotopic (exact) mass is 247 g/mol. The third-order valence-electron chi connectivity index (χ3n) is 2.96. The van der Waals surface area contributed by atoms with Gasteiger partial charge in [-0.3, -0.25) is 0 Å². The van der Waals surface area contributed by atoms with E-state index in [4.69, 9.17) is 4.74 Å². The zero-order valence-electron chi connectivity index (χ0n) is 9.51. The molecule has 0 aliphatic carbocycles. The minimum absolute atomic E-state index is 0.687. The van der Waals surface area contributed by atoms with Gasteiger partial charge in [0.25, 0.3) is 0 Å². The molecule has 3 nitrogen and oxygen atoms in total. The fraction of sp³-hybridized carbons (Fsp3) is 0.308. The molecule has 2 heterocycles. The van der Waals surface area contributed by atoms with Gasteiger partial charge in [-0.15, -0.1) is 11.3 Å². The summed E-state index contributed by atoms with van der Waals surface area (Å²) in [4.78, 5) is 4.33. The zero-order valence-corrected chi connectivity index (χ0v) is 10.3. The van der Waals surface area contributed by atoms with Crippen LogP contribution in [-0.2, 0) is 6.42 Å². The molecule has 1 aliphatic heterocycles. The van der Waals surface area contributed by atoms with E-state index in [0.717, 1.165) is 22.7 Å². The van der Waals surface area contributed by atoms with Crippen molar-refractivity contribution in [3.63, 3.8) is 0 Å². The first-order valence-corrected chi connectivity index (χ1v) is 6.48. The minimum Gasteiger partial charge on any atom is -0.493 e. The van der Waals surface area contributed by atoms with E-state index in [2.05, 4.69) is 4.98 Å². The van der Waals surface area contributed by atoms with E-state index in [0.29, 0.717) is 12.3 Å². The van der Waals surface area contributed by atoms with Crippen LogP contribution in [0.2, 0.25) is 0 Å². The predicted octanol–water partition coefficient (Wildman–Crippen LogP) is 2.47. The van der Waals surface area contributed by atoms with Gasteiger partial charge in [0, 0.05) is 17.4 Å². The lowest BCUT2D eigenvalue weighted by Crippen LogP contribution is -2.02. The van der Waals surface area contributed by atoms with Crippen LogP contribution >= 0.6 is 11.3 Å². The van der Waals surface area contributed by atoms with Gasteiger partial charge >= 0.3 is 0 Å². The molecule has 1 aliphatic rings. The number of hydrogen-bond donors (Lipinski definition) is 1. The van der Waals surface area contributed by atoms with Crippen LogP contribution in [0.3, 0.4) is 0 Å². The summed E-state index contributed by atoms with van der Waals surface area (Å²) in [6, 6.07) is 5.92. The quantitative estimate of drug-likeness (QED) is 0.886. The third kappa shape index (κ3) is 1.83. The summed E-state index contributed by atoms with van der Waals surface area (Å²) < 4.78 is 5.59. The standard InChI is InChI=1S/C13H13NO2S/c1-8-14-11(7-17-8)12(15)10-4-2-3-9-5-6-16-13(9)10/h2-4,7,12,15H,5-6H2,1H3. The van der Waals surface area contributed by atoms with Gasteiger partial charge in [0.1, 0.15) is 11.9 Å². The Kier molecular flexibility index (Phi) is 2.61. The number of fused-ring (bicyclic) bond motifs is 1. The van der Waals surface area contributed by atoms with Gasteiger partial charge < -0.3 is 9.84 Å². The fourth-order valence-electron chi connectivity index (χ4n) is 2.12. The molecule has 0 radical (unpaired) electrons. The summed E-state index contributed by atoms with van der Waals surface area (Å²) >= 11 is 1.55. The Labute approximate surface area is 104 Å². The third-order valence-corrected chi connectivity index (χ3v) is 3.75. The number of aliphatic hydroxyl groups excluding tert-OH is 1. The molecule has 1 aromatic carbocycles. The zero-order chi connectivity index (χ0) is 11.8.